The Morgan fingerprint density at radius 1 is 0.879 bits per heavy atom. The molecule has 8 nitrogen and oxygen atoms in total. The number of rotatable bonds is 10. The molecule has 0 saturated carbocycles. The third-order valence-corrected chi connectivity index (χ3v) is 4.69. The van der Waals surface area contributed by atoms with Crippen molar-refractivity contribution in [3.63, 3.8) is 0 Å². The predicted molar refractivity (Wildman–Crippen MR) is 127 cm³/mol. The summed E-state index contributed by atoms with van der Waals surface area (Å²) in [6, 6.07) is 17.3. The third kappa shape index (κ3) is 10.2. The molecule has 0 fully saturated rings. The molecule has 0 aromatic heterocycles. The highest BCUT2D eigenvalue weighted by molar-refractivity contribution is 5.89. The lowest BCUT2D eigenvalue weighted by atomic mass is 10.0. The fourth-order valence-electron chi connectivity index (χ4n) is 3.02. The molecule has 0 bridgehead atoms. The highest BCUT2D eigenvalue weighted by atomic mass is 16.6. The molecule has 0 aliphatic rings. The van der Waals surface area contributed by atoms with Gasteiger partial charge in [0.1, 0.15) is 11.6 Å². The van der Waals surface area contributed by atoms with Crippen LogP contribution in [-0.4, -0.2) is 42.1 Å². The summed E-state index contributed by atoms with van der Waals surface area (Å²) in [5.41, 5.74) is 7.27. The van der Waals surface area contributed by atoms with Crippen molar-refractivity contribution in [1.29, 1.82) is 0 Å². The molecule has 178 valence electrons. The molecular weight excluding hydrogens is 420 g/mol. The van der Waals surface area contributed by atoms with E-state index in [2.05, 4.69) is 16.0 Å². The number of nitrogens with two attached hydrogens (primary N) is 1. The highest BCUT2D eigenvalue weighted by Crippen LogP contribution is 2.07. The summed E-state index contributed by atoms with van der Waals surface area (Å²) in [4.78, 5) is 37.3. The Bertz CT molecular complexity index is 898. The van der Waals surface area contributed by atoms with E-state index >= 15 is 0 Å². The first-order chi connectivity index (χ1) is 15.6. The molecule has 2 aromatic rings. The van der Waals surface area contributed by atoms with Gasteiger partial charge >= 0.3 is 6.09 Å². The van der Waals surface area contributed by atoms with Gasteiger partial charge in [-0.1, -0.05) is 60.7 Å². The topological polar surface area (TPSA) is 123 Å². The number of alkyl carbamates (subject to hydrolysis) is 1. The first kappa shape index (κ1) is 25.9. The average Bonchev–Trinajstić information content (AvgIpc) is 2.77. The number of ether oxygens (including phenoxy) is 1. The first-order valence-electron chi connectivity index (χ1n) is 11.0. The van der Waals surface area contributed by atoms with Gasteiger partial charge in [-0.3, -0.25) is 9.59 Å². The van der Waals surface area contributed by atoms with Crippen LogP contribution in [0.2, 0.25) is 0 Å². The Labute approximate surface area is 195 Å². The van der Waals surface area contributed by atoms with Gasteiger partial charge in [-0.25, -0.2) is 4.79 Å². The summed E-state index contributed by atoms with van der Waals surface area (Å²) >= 11 is 0. The fourth-order valence-corrected chi connectivity index (χ4v) is 3.02. The fraction of sp³-hybridized carbons (Fsp3) is 0.400. The second-order valence-electron chi connectivity index (χ2n) is 8.78. The van der Waals surface area contributed by atoms with Crippen LogP contribution in [0, 0.1) is 0 Å². The number of nitrogens with one attached hydrogen (secondary N) is 3. The number of carbonyl (C=O) groups excluding carboxylic acids is 3. The smallest absolute Gasteiger partial charge is 0.407 e. The van der Waals surface area contributed by atoms with E-state index in [9.17, 15) is 14.4 Å². The largest absolute Gasteiger partial charge is 0.444 e. The second kappa shape index (κ2) is 12.6. The van der Waals surface area contributed by atoms with Crippen molar-refractivity contribution in [2.24, 2.45) is 5.73 Å². The quantitative estimate of drug-likeness (QED) is 0.439. The van der Waals surface area contributed by atoms with E-state index in [1.165, 1.54) is 0 Å². The molecule has 0 aliphatic carbocycles. The molecule has 0 spiro atoms. The van der Waals surface area contributed by atoms with Crippen LogP contribution in [0.3, 0.4) is 0 Å². The van der Waals surface area contributed by atoms with Gasteiger partial charge in [0, 0.05) is 19.5 Å². The van der Waals surface area contributed by atoms with Gasteiger partial charge in [-0.2, -0.15) is 0 Å². The molecular formula is C25H34N4O4. The molecule has 0 radical (unpaired) electrons. The van der Waals surface area contributed by atoms with Gasteiger partial charge in [0.15, 0.2) is 0 Å². The Balaban J connectivity index is 1.92. The number of hydrogen-bond acceptors (Lipinski definition) is 5. The molecule has 8 heteroatoms. The van der Waals surface area contributed by atoms with Gasteiger partial charge in [-0.15, -0.1) is 0 Å². The Morgan fingerprint density at radius 2 is 1.45 bits per heavy atom. The van der Waals surface area contributed by atoms with Crippen molar-refractivity contribution in [1.82, 2.24) is 16.0 Å². The summed E-state index contributed by atoms with van der Waals surface area (Å²) in [6.45, 7) is 5.82. The van der Waals surface area contributed by atoms with Crippen molar-refractivity contribution in [2.75, 3.05) is 6.54 Å². The van der Waals surface area contributed by atoms with Crippen LogP contribution in [0.15, 0.2) is 60.7 Å². The molecule has 3 amide bonds. The minimum absolute atomic E-state index is 0.174. The van der Waals surface area contributed by atoms with Crippen molar-refractivity contribution in [3.8, 4) is 0 Å². The number of benzene rings is 2. The first-order valence-corrected chi connectivity index (χ1v) is 11.0. The Morgan fingerprint density at radius 3 is 2.03 bits per heavy atom. The molecule has 2 rings (SSSR count). The zero-order chi connectivity index (χ0) is 24.3. The summed E-state index contributed by atoms with van der Waals surface area (Å²) in [5.74, 6) is -0.757. The van der Waals surface area contributed by atoms with E-state index in [0.717, 1.165) is 11.1 Å². The predicted octanol–water partition coefficient (Wildman–Crippen LogP) is 2.27. The van der Waals surface area contributed by atoms with Crippen LogP contribution in [0.25, 0.3) is 0 Å². The molecule has 2 aromatic carbocycles. The Kier molecular flexibility index (Phi) is 9.87. The zero-order valence-corrected chi connectivity index (χ0v) is 19.5. The van der Waals surface area contributed by atoms with Crippen molar-refractivity contribution < 1.29 is 19.1 Å². The standard InChI is InChI=1S/C25H34N4O4/c1-25(2,3)33-24(32)27-15-14-20(26)22(30)29-21(16-18-10-6-4-7-11-18)23(31)28-17-19-12-8-5-9-13-19/h4-13,20-21H,14-17,26H2,1-3H3,(H,27,32)(H,28,31)(H,29,30)/t20-,21-/m0/s1. The lowest BCUT2D eigenvalue weighted by molar-refractivity contribution is -0.129. The van der Waals surface area contributed by atoms with Gasteiger partial charge in [0.2, 0.25) is 11.8 Å². The van der Waals surface area contributed by atoms with Crippen LogP contribution in [0.4, 0.5) is 4.79 Å². The SMILES string of the molecule is CC(C)(C)OC(=O)NCC[C@H](N)C(=O)N[C@@H](Cc1ccccc1)C(=O)NCc1ccccc1. The number of hydrogen-bond donors (Lipinski definition) is 4. The van der Waals surface area contributed by atoms with E-state index in [-0.39, 0.29) is 18.9 Å². The van der Waals surface area contributed by atoms with Crippen molar-refractivity contribution >= 4 is 17.9 Å². The molecule has 0 aliphatic heterocycles. The maximum Gasteiger partial charge on any atom is 0.407 e. The van der Waals surface area contributed by atoms with Crippen LogP contribution in [-0.2, 0) is 27.3 Å². The maximum atomic E-state index is 12.9. The average molecular weight is 455 g/mol. The highest BCUT2D eigenvalue weighted by Gasteiger charge is 2.24. The zero-order valence-electron chi connectivity index (χ0n) is 19.5. The molecule has 2 atom stereocenters. The normalized spacial score (nSPS) is 12.8. The van der Waals surface area contributed by atoms with E-state index in [1.54, 1.807) is 20.8 Å². The van der Waals surface area contributed by atoms with Crippen molar-refractivity contribution in [3.05, 3.63) is 71.8 Å². The summed E-state index contributed by atoms with van der Waals surface area (Å²) in [5, 5.41) is 8.21. The number of amides is 3. The minimum atomic E-state index is -0.889. The van der Waals surface area contributed by atoms with Crippen LogP contribution >= 0.6 is 0 Å². The second-order valence-corrected chi connectivity index (χ2v) is 8.78. The third-order valence-electron chi connectivity index (χ3n) is 4.69. The summed E-state index contributed by atoms with van der Waals surface area (Å²) in [6.07, 6.45) is -0.0393. The molecule has 0 unspecified atom stereocenters. The minimum Gasteiger partial charge on any atom is -0.444 e. The van der Waals surface area contributed by atoms with Crippen LogP contribution < -0.4 is 21.7 Å². The van der Waals surface area contributed by atoms with Gasteiger partial charge in [0.25, 0.3) is 0 Å². The van der Waals surface area contributed by atoms with Gasteiger partial charge in [0.05, 0.1) is 6.04 Å². The van der Waals surface area contributed by atoms with Crippen LogP contribution in [0.1, 0.15) is 38.3 Å². The van der Waals surface area contributed by atoms with E-state index in [0.29, 0.717) is 13.0 Å². The monoisotopic (exact) mass is 454 g/mol. The Hall–Kier alpha value is -3.39. The maximum absolute atomic E-state index is 12.9. The molecule has 0 saturated heterocycles. The molecule has 0 heterocycles. The number of carbonyl (C=O) groups is 3. The van der Waals surface area contributed by atoms with Gasteiger partial charge in [-0.05, 0) is 38.3 Å². The van der Waals surface area contributed by atoms with E-state index in [4.69, 9.17) is 10.5 Å². The molecule has 33 heavy (non-hydrogen) atoms. The van der Waals surface area contributed by atoms with E-state index < -0.39 is 29.7 Å². The lowest BCUT2D eigenvalue weighted by Gasteiger charge is -2.22. The summed E-state index contributed by atoms with van der Waals surface area (Å²) in [7, 11) is 0. The van der Waals surface area contributed by atoms with Gasteiger partial charge < -0.3 is 26.4 Å². The lowest BCUT2D eigenvalue weighted by Crippen LogP contribution is -2.53. The van der Waals surface area contributed by atoms with Crippen LogP contribution in [0.5, 0.6) is 0 Å². The van der Waals surface area contributed by atoms with E-state index in [1.807, 2.05) is 60.7 Å². The summed E-state index contributed by atoms with van der Waals surface area (Å²) < 4.78 is 5.16. The van der Waals surface area contributed by atoms with Crippen molar-refractivity contribution in [2.45, 2.75) is 57.8 Å². The molecule has 5 N–H and O–H groups in total.